The molecule has 2 aromatic heterocycles. The Morgan fingerprint density at radius 1 is 1.54 bits per heavy atom. The van der Waals surface area contributed by atoms with Crippen LogP contribution >= 0.6 is 0 Å². The zero-order valence-corrected chi connectivity index (χ0v) is 14.1. The van der Waals surface area contributed by atoms with Crippen LogP contribution in [0.3, 0.4) is 0 Å². The number of pyridine rings is 1. The highest BCUT2D eigenvalue weighted by Gasteiger charge is 2.24. The molecule has 24 heavy (non-hydrogen) atoms. The van der Waals surface area contributed by atoms with E-state index in [-0.39, 0.29) is 17.4 Å². The zero-order valence-electron chi connectivity index (χ0n) is 14.1. The Labute approximate surface area is 140 Å². The Bertz CT molecular complexity index is 858. The first-order valence-electron chi connectivity index (χ1n) is 8.32. The lowest BCUT2D eigenvalue weighted by molar-refractivity contribution is 0.0953. The van der Waals surface area contributed by atoms with Crippen LogP contribution in [0.25, 0.3) is 11.0 Å². The van der Waals surface area contributed by atoms with Crippen LogP contribution in [0.5, 0.6) is 0 Å². The van der Waals surface area contributed by atoms with Gasteiger partial charge in [-0.3, -0.25) is 9.36 Å². The zero-order chi connectivity index (χ0) is 17.3. The second kappa shape index (κ2) is 6.51. The standard InChI is InChI=1S/C17H23N5O2/c1-3-4-10(2)9-22-14-12(16(23)20-7-11-5-6-11)8-19-15(18)13(14)21-17(22)24/h4,8,11H,3,5-7,9H2,1-2H3,(H2,18,19)(H,20,23)(H,21,24)/b10-4+. The highest BCUT2D eigenvalue weighted by Crippen LogP contribution is 2.28. The molecule has 1 fully saturated rings. The van der Waals surface area contributed by atoms with E-state index in [0.29, 0.717) is 35.6 Å². The van der Waals surface area contributed by atoms with Gasteiger partial charge in [-0.1, -0.05) is 18.6 Å². The van der Waals surface area contributed by atoms with Gasteiger partial charge in [0.25, 0.3) is 5.91 Å². The highest BCUT2D eigenvalue weighted by molar-refractivity contribution is 6.06. The van der Waals surface area contributed by atoms with Gasteiger partial charge in [0.2, 0.25) is 0 Å². The number of amides is 1. The number of fused-ring (bicyclic) bond motifs is 1. The monoisotopic (exact) mass is 329 g/mol. The largest absolute Gasteiger partial charge is 0.382 e. The number of imidazole rings is 1. The fourth-order valence-electron chi connectivity index (χ4n) is 2.83. The average molecular weight is 329 g/mol. The number of allylic oxidation sites excluding steroid dienone is 2. The second-order valence-corrected chi connectivity index (χ2v) is 6.41. The van der Waals surface area contributed by atoms with E-state index < -0.39 is 0 Å². The smallest absolute Gasteiger partial charge is 0.326 e. The minimum atomic E-state index is -0.287. The number of aromatic amines is 1. The lowest BCUT2D eigenvalue weighted by atomic mass is 10.2. The number of nitrogens with two attached hydrogens (primary N) is 1. The number of nitrogen functional groups attached to an aromatic ring is 1. The topological polar surface area (TPSA) is 106 Å². The molecule has 128 valence electrons. The Balaban J connectivity index is 2.04. The van der Waals surface area contributed by atoms with Crippen molar-refractivity contribution in [2.75, 3.05) is 12.3 Å². The summed E-state index contributed by atoms with van der Waals surface area (Å²) in [7, 11) is 0. The van der Waals surface area contributed by atoms with Crippen LogP contribution in [0.15, 0.2) is 22.6 Å². The van der Waals surface area contributed by atoms with Gasteiger partial charge in [-0.15, -0.1) is 0 Å². The normalized spacial score (nSPS) is 15.0. The summed E-state index contributed by atoms with van der Waals surface area (Å²) < 4.78 is 1.56. The average Bonchev–Trinajstić information content (AvgIpc) is 3.31. The van der Waals surface area contributed by atoms with Gasteiger partial charge in [0.05, 0.1) is 11.1 Å². The maximum atomic E-state index is 12.5. The number of hydrogen-bond donors (Lipinski definition) is 3. The van der Waals surface area contributed by atoms with Crippen molar-refractivity contribution in [3.63, 3.8) is 0 Å². The van der Waals surface area contributed by atoms with E-state index in [4.69, 9.17) is 5.73 Å². The lowest BCUT2D eigenvalue weighted by Gasteiger charge is -2.10. The van der Waals surface area contributed by atoms with Gasteiger partial charge in [0, 0.05) is 19.3 Å². The van der Waals surface area contributed by atoms with Crippen LogP contribution in [0, 0.1) is 5.92 Å². The van der Waals surface area contributed by atoms with E-state index >= 15 is 0 Å². The minimum Gasteiger partial charge on any atom is -0.382 e. The summed E-state index contributed by atoms with van der Waals surface area (Å²) in [6, 6.07) is 0. The molecule has 1 saturated carbocycles. The van der Waals surface area contributed by atoms with Crippen LogP contribution in [0.4, 0.5) is 5.82 Å². The molecule has 0 aliphatic heterocycles. The van der Waals surface area contributed by atoms with E-state index in [1.165, 1.54) is 6.20 Å². The number of anilines is 1. The molecule has 0 radical (unpaired) electrons. The fraction of sp³-hybridized carbons (Fsp3) is 0.471. The molecule has 1 aliphatic rings. The molecule has 1 aliphatic carbocycles. The van der Waals surface area contributed by atoms with E-state index in [1.54, 1.807) is 4.57 Å². The summed E-state index contributed by atoms with van der Waals surface area (Å²) >= 11 is 0. The summed E-state index contributed by atoms with van der Waals surface area (Å²) in [5, 5.41) is 2.92. The molecule has 2 heterocycles. The maximum Gasteiger partial charge on any atom is 0.326 e. The number of H-pyrrole nitrogens is 1. The third-order valence-electron chi connectivity index (χ3n) is 4.28. The van der Waals surface area contributed by atoms with Crippen LogP contribution in [-0.4, -0.2) is 27.0 Å². The quantitative estimate of drug-likeness (QED) is 0.703. The third-order valence-corrected chi connectivity index (χ3v) is 4.28. The number of carbonyl (C=O) groups excluding carboxylic acids is 1. The van der Waals surface area contributed by atoms with Gasteiger partial charge in [-0.25, -0.2) is 9.78 Å². The van der Waals surface area contributed by atoms with Gasteiger partial charge in [0.15, 0.2) is 0 Å². The number of hydrogen-bond acceptors (Lipinski definition) is 4. The first kappa shape index (κ1) is 16.3. The summed E-state index contributed by atoms with van der Waals surface area (Å²) in [5.41, 5.74) is 7.97. The molecule has 2 aromatic rings. The van der Waals surface area contributed by atoms with Gasteiger partial charge >= 0.3 is 5.69 Å². The van der Waals surface area contributed by atoms with E-state index in [1.807, 2.05) is 13.8 Å². The van der Waals surface area contributed by atoms with Crippen molar-refractivity contribution in [3.05, 3.63) is 33.9 Å². The van der Waals surface area contributed by atoms with Crippen molar-refractivity contribution in [2.45, 2.75) is 39.7 Å². The first-order chi connectivity index (χ1) is 11.5. The van der Waals surface area contributed by atoms with Gasteiger partial charge in [0.1, 0.15) is 11.3 Å². The highest BCUT2D eigenvalue weighted by atomic mass is 16.2. The maximum absolute atomic E-state index is 12.5. The minimum absolute atomic E-state index is 0.218. The van der Waals surface area contributed by atoms with Gasteiger partial charge in [-0.2, -0.15) is 0 Å². The van der Waals surface area contributed by atoms with Crippen molar-refractivity contribution in [1.29, 1.82) is 0 Å². The Hall–Kier alpha value is -2.57. The summed E-state index contributed by atoms with van der Waals surface area (Å²) in [6.45, 7) is 5.08. The summed E-state index contributed by atoms with van der Waals surface area (Å²) in [4.78, 5) is 31.7. The van der Waals surface area contributed by atoms with Crippen LogP contribution in [0.2, 0.25) is 0 Å². The molecule has 7 nitrogen and oxygen atoms in total. The Morgan fingerprint density at radius 2 is 2.29 bits per heavy atom. The predicted octanol–water partition coefficient (Wildman–Crippen LogP) is 1.80. The van der Waals surface area contributed by atoms with Crippen LogP contribution in [0.1, 0.15) is 43.5 Å². The first-order valence-corrected chi connectivity index (χ1v) is 8.32. The molecule has 3 rings (SSSR count). The fourth-order valence-corrected chi connectivity index (χ4v) is 2.83. The van der Waals surface area contributed by atoms with E-state index in [0.717, 1.165) is 24.8 Å². The van der Waals surface area contributed by atoms with Crippen molar-refractivity contribution in [2.24, 2.45) is 5.92 Å². The molecule has 0 saturated heterocycles. The molecular weight excluding hydrogens is 306 g/mol. The number of carbonyl (C=O) groups is 1. The number of nitrogens with one attached hydrogen (secondary N) is 2. The number of nitrogens with zero attached hydrogens (tertiary/aromatic N) is 2. The summed E-state index contributed by atoms with van der Waals surface area (Å²) in [5.74, 6) is 0.579. The van der Waals surface area contributed by atoms with Crippen LogP contribution in [-0.2, 0) is 6.54 Å². The SMILES string of the molecule is CC/C=C(\C)Cn1c(=O)[nH]c2c(N)ncc(C(=O)NCC3CC3)c21. The molecule has 0 aromatic carbocycles. The molecule has 0 unspecified atom stereocenters. The van der Waals surface area contributed by atoms with Gasteiger partial charge in [-0.05, 0) is 32.1 Å². The molecule has 4 N–H and O–H groups in total. The van der Waals surface area contributed by atoms with Crippen molar-refractivity contribution < 1.29 is 4.79 Å². The predicted molar refractivity (Wildman–Crippen MR) is 93.9 cm³/mol. The number of rotatable bonds is 6. The van der Waals surface area contributed by atoms with Crippen molar-refractivity contribution in [3.8, 4) is 0 Å². The van der Waals surface area contributed by atoms with Crippen molar-refractivity contribution >= 4 is 22.8 Å². The van der Waals surface area contributed by atoms with Crippen LogP contribution < -0.4 is 16.7 Å². The second-order valence-electron chi connectivity index (χ2n) is 6.41. The van der Waals surface area contributed by atoms with Crippen molar-refractivity contribution in [1.82, 2.24) is 19.9 Å². The molecular formula is C17H23N5O2. The molecule has 0 atom stereocenters. The van der Waals surface area contributed by atoms with E-state index in [9.17, 15) is 9.59 Å². The third kappa shape index (κ3) is 3.20. The molecule has 1 amide bonds. The molecule has 0 spiro atoms. The Kier molecular flexibility index (Phi) is 4.42. The molecule has 7 heteroatoms. The van der Waals surface area contributed by atoms with Gasteiger partial charge < -0.3 is 16.0 Å². The number of aromatic nitrogens is 3. The Morgan fingerprint density at radius 3 is 2.96 bits per heavy atom. The summed E-state index contributed by atoms with van der Waals surface area (Å²) in [6.07, 6.45) is 6.71. The van der Waals surface area contributed by atoms with E-state index in [2.05, 4.69) is 21.4 Å². The molecule has 0 bridgehead atoms. The lowest BCUT2D eigenvalue weighted by Crippen LogP contribution is -2.27.